The lowest BCUT2D eigenvalue weighted by atomic mass is 9.83. The lowest BCUT2D eigenvalue weighted by Gasteiger charge is -2.38. The number of nitrogens with zero attached hydrogens (tertiary/aromatic N) is 2. The maximum atomic E-state index is 14.0. The summed E-state index contributed by atoms with van der Waals surface area (Å²) < 4.78 is 41.9. The van der Waals surface area contributed by atoms with E-state index in [-0.39, 0.29) is 45.4 Å². The van der Waals surface area contributed by atoms with Gasteiger partial charge >= 0.3 is 12.1 Å². The largest absolute Gasteiger partial charge is 0.481 e. The van der Waals surface area contributed by atoms with Gasteiger partial charge in [-0.05, 0) is 31.4 Å². The molecule has 1 aromatic carbocycles. The number of aliphatic carboxylic acids is 1. The Balaban J connectivity index is 1.73. The summed E-state index contributed by atoms with van der Waals surface area (Å²) in [6, 6.07) is 9.22. The summed E-state index contributed by atoms with van der Waals surface area (Å²) in [5.74, 6) is -2.45. The summed E-state index contributed by atoms with van der Waals surface area (Å²) in [7, 11) is 0. The number of amides is 1. The van der Waals surface area contributed by atoms with Gasteiger partial charge in [0.05, 0.1) is 5.92 Å². The molecule has 1 aromatic rings. The standard InChI is InChI=1S/C19H23F3N2O3/c20-19(21,22)18(17(27)24-9-6-15(7-10-24)16(25)26)8-11-23(13-18)12-14-4-2-1-3-5-14/h1-5,15H,6-13H2,(H,25,26). The van der Waals surface area contributed by atoms with E-state index in [1.54, 1.807) is 4.90 Å². The molecular weight excluding hydrogens is 361 g/mol. The highest BCUT2D eigenvalue weighted by atomic mass is 19.4. The number of piperidine rings is 1. The highest BCUT2D eigenvalue weighted by Gasteiger charge is 2.64. The molecule has 3 rings (SSSR count). The normalized spacial score (nSPS) is 24.9. The number of rotatable bonds is 4. The first kappa shape index (κ1) is 19.7. The van der Waals surface area contributed by atoms with Gasteiger partial charge in [0.1, 0.15) is 0 Å². The molecule has 1 atom stereocenters. The fourth-order valence-electron chi connectivity index (χ4n) is 4.02. The van der Waals surface area contributed by atoms with Gasteiger partial charge in [-0.1, -0.05) is 30.3 Å². The smallest absolute Gasteiger partial charge is 0.404 e. The van der Waals surface area contributed by atoms with Crippen molar-refractivity contribution in [3.8, 4) is 0 Å². The van der Waals surface area contributed by atoms with E-state index in [0.29, 0.717) is 6.54 Å². The molecular formula is C19H23F3N2O3. The van der Waals surface area contributed by atoms with E-state index in [0.717, 1.165) is 5.56 Å². The summed E-state index contributed by atoms with van der Waals surface area (Å²) in [6.45, 7) is 0.334. The molecule has 1 amide bonds. The van der Waals surface area contributed by atoms with Gasteiger partial charge < -0.3 is 10.0 Å². The van der Waals surface area contributed by atoms with Crippen LogP contribution in [0.15, 0.2) is 30.3 Å². The van der Waals surface area contributed by atoms with Gasteiger partial charge in [0.25, 0.3) is 0 Å². The molecule has 0 aromatic heterocycles. The van der Waals surface area contributed by atoms with Crippen molar-refractivity contribution in [2.75, 3.05) is 26.2 Å². The molecule has 0 saturated carbocycles. The lowest BCUT2D eigenvalue weighted by Crippen LogP contribution is -2.55. The molecule has 1 N–H and O–H groups in total. The second kappa shape index (κ2) is 7.50. The van der Waals surface area contributed by atoms with Gasteiger partial charge in [-0.3, -0.25) is 14.5 Å². The first-order chi connectivity index (χ1) is 12.7. The van der Waals surface area contributed by atoms with Crippen molar-refractivity contribution in [2.45, 2.75) is 32.0 Å². The van der Waals surface area contributed by atoms with Crippen molar-refractivity contribution < 1.29 is 27.9 Å². The van der Waals surface area contributed by atoms with E-state index < -0.39 is 29.4 Å². The molecule has 2 aliphatic rings. The van der Waals surface area contributed by atoms with Crippen LogP contribution in [0.3, 0.4) is 0 Å². The minimum absolute atomic E-state index is 0.0618. The minimum Gasteiger partial charge on any atom is -0.481 e. The average molecular weight is 384 g/mol. The average Bonchev–Trinajstić information content (AvgIpc) is 3.07. The van der Waals surface area contributed by atoms with Crippen LogP contribution in [0.5, 0.6) is 0 Å². The minimum atomic E-state index is -4.64. The summed E-state index contributed by atoms with van der Waals surface area (Å²) in [4.78, 5) is 26.8. The SMILES string of the molecule is O=C(O)C1CCN(C(=O)C2(C(F)(F)F)CCN(Cc3ccccc3)C2)CC1. The third-order valence-corrected chi connectivity index (χ3v) is 5.68. The summed E-state index contributed by atoms with van der Waals surface area (Å²) in [6.07, 6.45) is -4.51. The fraction of sp³-hybridized carbons (Fsp3) is 0.579. The highest BCUT2D eigenvalue weighted by molar-refractivity contribution is 5.84. The second-order valence-electron chi connectivity index (χ2n) is 7.43. The Kier molecular flexibility index (Phi) is 5.46. The Morgan fingerprint density at radius 2 is 1.74 bits per heavy atom. The van der Waals surface area contributed by atoms with Crippen LogP contribution in [-0.2, 0) is 16.1 Å². The molecule has 148 valence electrons. The van der Waals surface area contributed by atoms with Gasteiger partial charge in [-0.15, -0.1) is 0 Å². The van der Waals surface area contributed by atoms with E-state index in [1.807, 2.05) is 30.3 Å². The van der Waals surface area contributed by atoms with Crippen molar-refractivity contribution in [2.24, 2.45) is 11.3 Å². The van der Waals surface area contributed by atoms with Crippen LogP contribution in [0.2, 0.25) is 0 Å². The van der Waals surface area contributed by atoms with Gasteiger partial charge in [0.15, 0.2) is 5.41 Å². The topological polar surface area (TPSA) is 60.9 Å². The molecule has 0 aliphatic carbocycles. The summed E-state index contributed by atoms with van der Waals surface area (Å²) in [5, 5.41) is 9.04. The predicted octanol–water partition coefficient (Wildman–Crippen LogP) is 2.76. The van der Waals surface area contributed by atoms with Gasteiger partial charge in [0.2, 0.25) is 5.91 Å². The first-order valence-corrected chi connectivity index (χ1v) is 9.08. The second-order valence-corrected chi connectivity index (χ2v) is 7.43. The zero-order valence-corrected chi connectivity index (χ0v) is 14.9. The highest BCUT2D eigenvalue weighted by Crippen LogP contribution is 2.47. The third-order valence-electron chi connectivity index (χ3n) is 5.68. The van der Waals surface area contributed by atoms with Crippen LogP contribution in [0.4, 0.5) is 13.2 Å². The van der Waals surface area contributed by atoms with Crippen molar-refractivity contribution in [3.63, 3.8) is 0 Å². The van der Waals surface area contributed by atoms with Crippen molar-refractivity contribution in [1.29, 1.82) is 0 Å². The van der Waals surface area contributed by atoms with Crippen LogP contribution >= 0.6 is 0 Å². The number of carbonyl (C=O) groups is 2. The fourth-order valence-corrected chi connectivity index (χ4v) is 4.02. The maximum absolute atomic E-state index is 14.0. The van der Waals surface area contributed by atoms with Gasteiger partial charge in [-0.2, -0.15) is 13.2 Å². The van der Waals surface area contributed by atoms with E-state index >= 15 is 0 Å². The third kappa shape index (κ3) is 3.95. The number of carboxylic acids is 1. The number of likely N-dealkylation sites (tertiary alicyclic amines) is 2. The molecule has 2 saturated heterocycles. The maximum Gasteiger partial charge on any atom is 0.404 e. The van der Waals surface area contributed by atoms with E-state index in [9.17, 15) is 22.8 Å². The number of benzene rings is 1. The number of hydrogen-bond acceptors (Lipinski definition) is 3. The van der Waals surface area contributed by atoms with Gasteiger partial charge in [-0.25, -0.2) is 0 Å². The quantitative estimate of drug-likeness (QED) is 0.867. The first-order valence-electron chi connectivity index (χ1n) is 9.08. The van der Waals surface area contributed by atoms with E-state index in [2.05, 4.69) is 0 Å². The van der Waals surface area contributed by atoms with Crippen LogP contribution < -0.4 is 0 Å². The van der Waals surface area contributed by atoms with Crippen molar-refractivity contribution in [3.05, 3.63) is 35.9 Å². The molecule has 2 fully saturated rings. The molecule has 1 unspecified atom stereocenters. The molecule has 2 heterocycles. The van der Waals surface area contributed by atoms with Crippen LogP contribution in [0.1, 0.15) is 24.8 Å². The Morgan fingerprint density at radius 3 is 2.30 bits per heavy atom. The molecule has 0 bridgehead atoms. The number of carbonyl (C=O) groups excluding carboxylic acids is 1. The number of alkyl halides is 3. The molecule has 8 heteroatoms. The van der Waals surface area contributed by atoms with Crippen LogP contribution in [0.25, 0.3) is 0 Å². The molecule has 5 nitrogen and oxygen atoms in total. The predicted molar refractivity (Wildman–Crippen MR) is 91.8 cm³/mol. The molecule has 0 spiro atoms. The Hall–Kier alpha value is -2.09. The zero-order chi connectivity index (χ0) is 19.7. The van der Waals surface area contributed by atoms with E-state index in [1.165, 1.54) is 4.90 Å². The van der Waals surface area contributed by atoms with E-state index in [4.69, 9.17) is 5.11 Å². The van der Waals surface area contributed by atoms with Gasteiger partial charge in [0, 0.05) is 26.2 Å². The molecule has 2 aliphatic heterocycles. The van der Waals surface area contributed by atoms with Crippen LogP contribution in [0, 0.1) is 11.3 Å². The number of carboxylic acid groups (broad SMARTS) is 1. The summed E-state index contributed by atoms with van der Waals surface area (Å²) >= 11 is 0. The number of halogens is 3. The molecule has 27 heavy (non-hydrogen) atoms. The van der Waals surface area contributed by atoms with Crippen molar-refractivity contribution >= 4 is 11.9 Å². The monoisotopic (exact) mass is 384 g/mol. The van der Waals surface area contributed by atoms with Crippen LogP contribution in [-0.4, -0.2) is 59.1 Å². The Bertz CT molecular complexity index is 687. The van der Waals surface area contributed by atoms with Crippen molar-refractivity contribution in [1.82, 2.24) is 9.80 Å². The Morgan fingerprint density at radius 1 is 1.11 bits per heavy atom. The zero-order valence-electron chi connectivity index (χ0n) is 14.9. The lowest BCUT2D eigenvalue weighted by molar-refractivity contribution is -0.224. The Labute approximate surface area is 155 Å². The number of hydrogen-bond donors (Lipinski definition) is 1. The summed E-state index contributed by atoms with van der Waals surface area (Å²) in [5.41, 5.74) is -1.50. The molecule has 0 radical (unpaired) electrons.